The molecule has 0 aromatic heterocycles. The highest BCUT2D eigenvalue weighted by atomic mass is 35.5. The molecule has 0 fully saturated rings. The Morgan fingerprint density at radius 2 is 1.50 bits per heavy atom. The van der Waals surface area contributed by atoms with Gasteiger partial charge in [0.1, 0.15) is 5.78 Å². The van der Waals surface area contributed by atoms with Crippen molar-refractivity contribution < 1.29 is 4.79 Å². The summed E-state index contributed by atoms with van der Waals surface area (Å²) in [7, 11) is 0. The largest absolute Gasteiger partial charge is 0.299 e. The number of halogens is 1. The van der Waals surface area contributed by atoms with Crippen LogP contribution in [-0.2, 0) is 17.6 Å². The Morgan fingerprint density at radius 1 is 0.818 bits per heavy atom. The van der Waals surface area contributed by atoms with E-state index in [1.807, 2.05) is 42.5 Å². The zero-order valence-electron chi connectivity index (χ0n) is 12.3. The van der Waals surface area contributed by atoms with Gasteiger partial charge in [-0.15, -0.1) is 0 Å². The highest BCUT2D eigenvalue weighted by molar-refractivity contribution is 6.30. The highest BCUT2D eigenvalue weighted by Gasteiger charge is 2.05. The lowest BCUT2D eigenvalue weighted by Gasteiger charge is -2.04. The van der Waals surface area contributed by atoms with E-state index in [1.54, 1.807) is 0 Å². The topological polar surface area (TPSA) is 17.1 Å². The van der Waals surface area contributed by atoms with E-state index in [1.165, 1.54) is 10.8 Å². The fourth-order valence-electron chi connectivity index (χ4n) is 2.60. The molecule has 2 heteroatoms. The van der Waals surface area contributed by atoms with Crippen LogP contribution in [0.25, 0.3) is 10.8 Å². The molecule has 0 aliphatic heterocycles. The standard InChI is InChI=1S/C20H17ClO/c21-19-10-6-15(7-11-19)8-12-20(22)14-16-5-9-17-3-1-2-4-18(17)13-16/h1-7,9-11,13H,8,12,14H2. The van der Waals surface area contributed by atoms with Crippen molar-refractivity contribution >= 4 is 28.2 Å². The first-order chi connectivity index (χ1) is 10.7. The van der Waals surface area contributed by atoms with Gasteiger partial charge in [0, 0.05) is 17.9 Å². The van der Waals surface area contributed by atoms with E-state index >= 15 is 0 Å². The number of hydrogen-bond donors (Lipinski definition) is 0. The van der Waals surface area contributed by atoms with Crippen LogP contribution in [0.5, 0.6) is 0 Å². The average Bonchev–Trinajstić information content (AvgIpc) is 2.54. The number of benzene rings is 3. The Labute approximate surface area is 135 Å². The molecule has 0 aliphatic carbocycles. The third-order valence-electron chi connectivity index (χ3n) is 3.82. The maximum absolute atomic E-state index is 12.2. The number of ketones is 1. The monoisotopic (exact) mass is 308 g/mol. The number of carbonyl (C=O) groups excluding carboxylic acids is 1. The Kier molecular flexibility index (Phi) is 4.55. The van der Waals surface area contributed by atoms with Crippen LogP contribution in [0, 0.1) is 0 Å². The average molecular weight is 309 g/mol. The summed E-state index contributed by atoms with van der Waals surface area (Å²) in [5.74, 6) is 0.269. The van der Waals surface area contributed by atoms with E-state index in [-0.39, 0.29) is 5.78 Å². The predicted octanol–water partition coefficient (Wildman–Crippen LogP) is 5.24. The molecule has 0 unspecified atom stereocenters. The number of fused-ring (bicyclic) bond motifs is 1. The van der Waals surface area contributed by atoms with Crippen molar-refractivity contribution in [2.75, 3.05) is 0 Å². The summed E-state index contributed by atoms with van der Waals surface area (Å²) < 4.78 is 0. The van der Waals surface area contributed by atoms with Crippen LogP contribution in [-0.4, -0.2) is 5.78 Å². The van der Waals surface area contributed by atoms with E-state index in [0.717, 1.165) is 22.6 Å². The summed E-state index contributed by atoms with van der Waals surface area (Å²) in [4.78, 5) is 12.2. The van der Waals surface area contributed by atoms with Crippen molar-refractivity contribution in [3.8, 4) is 0 Å². The van der Waals surface area contributed by atoms with Gasteiger partial charge < -0.3 is 0 Å². The zero-order chi connectivity index (χ0) is 15.4. The summed E-state index contributed by atoms with van der Waals surface area (Å²) in [5, 5.41) is 3.12. The van der Waals surface area contributed by atoms with Crippen molar-refractivity contribution in [1.29, 1.82) is 0 Å². The van der Waals surface area contributed by atoms with Gasteiger partial charge in [-0.1, -0.05) is 66.2 Å². The molecular weight excluding hydrogens is 292 g/mol. The first-order valence-corrected chi connectivity index (χ1v) is 7.82. The van der Waals surface area contributed by atoms with Gasteiger partial charge in [0.2, 0.25) is 0 Å². The van der Waals surface area contributed by atoms with Crippen molar-refractivity contribution in [3.05, 3.63) is 82.9 Å². The van der Waals surface area contributed by atoms with E-state index in [4.69, 9.17) is 11.6 Å². The van der Waals surface area contributed by atoms with Gasteiger partial charge in [-0.25, -0.2) is 0 Å². The normalized spacial score (nSPS) is 10.8. The highest BCUT2D eigenvalue weighted by Crippen LogP contribution is 2.17. The molecule has 22 heavy (non-hydrogen) atoms. The van der Waals surface area contributed by atoms with Crippen LogP contribution in [0.1, 0.15) is 17.5 Å². The molecule has 3 rings (SSSR count). The second kappa shape index (κ2) is 6.76. The molecule has 0 saturated heterocycles. The van der Waals surface area contributed by atoms with Crippen LogP contribution in [0.4, 0.5) is 0 Å². The van der Waals surface area contributed by atoms with Crippen molar-refractivity contribution in [2.45, 2.75) is 19.3 Å². The molecule has 0 bridgehead atoms. The molecule has 3 aromatic rings. The predicted molar refractivity (Wildman–Crippen MR) is 92.4 cm³/mol. The number of carbonyl (C=O) groups is 1. The fourth-order valence-corrected chi connectivity index (χ4v) is 2.73. The van der Waals surface area contributed by atoms with E-state index in [2.05, 4.69) is 24.3 Å². The first kappa shape index (κ1) is 14.8. The number of rotatable bonds is 5. The Morgan fingerprint density at radius 3 is 2.27 bits per heavy atom. The van der Waals surface area contributed by atoms with Crippen LogP contribution < -0.4 is 0 Å². The smallest absolute Gasteiger partial charge is 0.137 e. The minimum atomic E-state index is 0.269. The molecule has 1 nitrogen and oxygen atoms in total. The summed E-state index contributed by atoms with van der Waals surface area (Å²) in [5.41, 5.74) is 2.23. The molecule has 110 valence electrons. The van der Waals surface area contributed by atoms with Gasteiger partial charge >= 0.3 is 0 Å². The Hall–Kier alpha value is -2.12. The van der Waals surface area contributed by atoms with Gasteiger partial charge in [-0.2, -0.15) is 0 Å². The van der Waals surface area contributed by atoms with Crippen LogP contribution >= 0.6 is 11.6 Å². The third kappa shape index (κ3) is 3.75. The van der Waals surface area contributed by atoms with Gasteiger partial charge in [0.25, 0.3) is 0 Å². The van der Waals surface area contributed by atoms with Crippen LogP contribution in [0.2, 0.25) is 5.02 Å². The van der Waals surface area contributed by atoms with E-state index in [9.17, 15) is 4.79 Å². The van der Waals surface area contributed by atoms with Crippen LogP contribution in [0.3, 0.4) is 0 Å². The third-order valence-corrected chi connectivity index (χ3v) is 4.07. The fraction of sp³-hybridized carbons (Fsp3) is 0.150. The molecule has 0 spiro atoms. The molecule has 0 atom stereocenters. The number of Topliss-reactive ketones (excluding diaryl/α,β-unsaturated/α-hetero) is 1. The first-order valence-electron chi connectivity index (χ1n) is 7.44. The number of hydrogen-bond acceptors (Lipinski definition) is 1. The van der Waals surface area contributed by atoms with E-state index < -0.39 is 0 Å². The van der Waals surface area contributed by atoms with Gasteiger partial charge in [-0.05, 0) is 40.5 Å². The quantitative estimate of drug-likeness (QED) is 0.630. The second-order valence-corrected chi connectivity index (χ2v) is 5.96. The molecule has 3 aromatic carbocycles. The molecule has 0 aliphatic rings. The molecule has 0 N–H and O–H groups in total. The van der Waals surface area contributed by atoms with Crippen molar-refractivity contribution in [2.24, 2.45) is 0 Å². The minimum Gasteiger partial charge on any atom is -0.299 e. The van der Waals surface area contributed by atoms with Gasteiger partial charge in [-0.3, -0.25) is 4.79 Å². The lowest BCUT2D eigenvalue weighted by atomic mass is 10.0. The van der Waals surface area contributed by atoms with Crippen molar-refractivity contribution in [1.82, 2.24) is 0 Å². The summed E-state index contributed by atoms with van der Waals surface area (Å²) >= 11 is 5.86. The summed E-state index contributed by atoms with van der Waals surface area (Å²) in [6.45, 7) is 0. The lowest BCUT2D eigenvalue weighted by molar-refractivity contribution is -0.118. The van der Waals surface area contributed by atoms with Crippen LogP contribution in [0.15, 0.2) is 66.7 Å². The molecule has 0 radical (unpaired) electrons. The maximum atomic E-state index is 12.2. The van der Waals surface area contributed by atoms with Gasteiger partial charge in [0.15, 0.2) is 0 Å². The summed E-state index contributed by atoms with van der Waals surface area (Å²) in [6, 6.07) is 22.1. The van der Waals surface area contributed by atoms with Gasteiger partial charge in [0.05, 0.1) is 0 Å². The zero-order valence-corrected chi connectivity index (χ0v) is 13.0. The second-order valence-electron chi connectivity index (χ2n) is 5.52. The summed E-state index contributed by atoms with van der Waals surface area (Å²) in [6.07, 6.45) is 1.83. The SMILES string of the molecule is O=C(CCc1ccc(Cl)cc1)Cc1ccc2ccccc2c1. The molecule has 0 heterocycles. The molecule has 0 amide bonds. The maximum Gasteiger partial charge on any atom is 0.137 e. The lowest BCUT2D eigenvalue weighted by Crippen LogP contribution is -2.04. The Balaban J connectivity index is 1.61. The van der Waals surface area contributed by atoms with E-state index in [0.29, 0.717) is 12.8 Å². The number of aryl methyl sites for hydroxylation is 1. The molecule has 0 saturated carbocycles. The minimum absolute atomic E-state index is 0.269. The Bertz CT molecular complexity index is 790. The van der Waals surface area contributed by atoms with Crippen molar-refractivity contribution in [3.63, 3.8) is 0 Å². The molecular formula is C20H17ClO.